The molecule has 2 aromatic carbocycles. The summed E-state index contributed by atoms with van der Waals surface area (Å²) in [6.07, 6.45) is 2.13. The van der Waals surface area contributed by atoms with Crippen molar-refractivity contribution in [3.8, 4) is 0 Å². The Hall–Kier alpha value is -2.24. The maximum absolute atomic E-state index is 12.9. The van der Waals surface area contributed by atoms with Crippen molar-refractivity contribution in [2.24, 2.45) is 0 Å². The van der Waals surface area contributed by atoms with Crippen molar-refractivity contribution >= 4 is 11.6 Å². The fourth-order valence-electron chi connectivity index (χ4n) is 3.46. The molecule has 4 nitrogen and oxygen atoms in total. The number of anilines is 1. The highest BCUT2D eigenvalue weighted by Crippen LogP contribution is 2.17. The Morgan fingerprint density at radius 2 is 1.77 bits per heavy atom. The van der Waals surface area contributed by atoms with Gasteiger partial charge in [-0.3, -0.25) is 14.6 Å². The van der Waals surface area contributed by atoms with E-state index in [1.165, 1.54) is 17.7 Å². The normalized spacial score (nSPS) is 16.0. The van der Waals surface area contributed by atoms with Crippen LogP contribution in [0.4, 0.5) is 10.1 Å². The first-order valence-electron chi connectivity index (χ1n) is 9.12. The molecule has 138 valence electrons. The highest BCUT2D eigenvalue weighted by Gasteiger charge is 2.23. The van der Waals surface area contributed by atoms with Gasteiger partial charge in [-0.05, 0) is 49.7 Å². The first-order chi connectivity index (χ1) is 12.6. The Kier molecular flexibility index (Phi) is 6.36. The molecule has 1 heterocycles. The van der Waals surface area contributed by atoms with Gasteiger partial charge >= 0.3 is 0 Å². The Morgan fingerprint density at radius 1 is 1.12 bits per heavy atom. The third-order valence-electron chi connectivity index (χ3n) is 4.95. The molecule has 1 N–H and O–H groups in total. The average Bonchev–Trinajstić information content (AvgIpc) is 2.65. The topological polar surface area (TPSA) is 35.6 Å². The van der Waals surface area contributed by atoms with Gasteiger partial charge in [-0.25, -0.2) is 4.39 Å². The molecule has 0 aliphatic carbocycles. The number of nitrogens with one attached hydrogen (secondary N) is 1. The number of amides is 1. The molecule has 0 aromatic heterocycles. The van der Waals surface area contributed by atoms with Crippen LogP contribution in [0.25, 0.3) is 0 Å². The largest absolute Gasteiger partial charge is 0.325 e. The molecular weight excluding hydrogens is 329 g/mol. The zero-order valence-electron chi connectivity index (χ0n) is 15.2. The number of nitrogens with zero attached hydrogens (tertiary/aromatic N) is 2. The molecule has 0 atom stereocenters. The molecule has 2 aromatic rings. The molecule has 0 saturated carbocycles. The van der Waals surface area contributed by atoms with Crippen LogP contribution in [0.2, 0.25) is 0 Å². The molecule has 0 unspecified atom stereocenters. The molecule has 0 bridgehead atoms. The lowest BCUT2D eigenvalue weighted by Gasteiger charge is -2.36. The summed E-state index contributed by atoms with van der Waals surface area (Å²) in [7, 11) is 2.18. The second kappa shape index (κ2) is 8.92. The Labute approximate surface area is 154 Å². The molecule has 1 amide bonds. The fraction of sp³-hybridized carbons (Fsp3) is 0.381. The Morgan fingerprint density at radius 3 is 2.42 bits per heavy atom. The number of carbonyl (C=O) groups is 1. The quantitative estimate of drug-likeness (QED) is 0.863. The highest BCUT2D eigenvalue weighted by molar-refractivity contribution is 5.92. The van der Waals surface area contributed by atoms with Crippen molar-refractivity contribution in [3.05, 3.63) is 66.0 Å². The third-order valence-corrected chi connectivity index (χ3v) is 4.95. The van der Waals surface area contributed by atoms with E-state index in [1.807, 2.05) is 6.07 Å². The summed E-state index contributed by atoms with van der Waals surface area (Å²) in [5, 5.41) is 2.83. The summed E-state index contributed by atoms with van der Waals surface area (Å²) in [6, 6.07) is 16.9. The van der Waals surface area contributed by atoms with Crippen LogP contribution in [-0.4, -0.2) is 48.4 Å². The summed E-state index contributed by atoms with van der Waals surface area (Å²) >= 11 is 0. The van der Waals surface area contributed by atoms with Crippen molar-refractivity contribution in [1.29, 1.82) is 0 Å². The molecule has 1 saturated heterocycles. The molecule has 5 heteroatoms. The van der Waals surface area contributed by atoms with Gasteiger partial charge < -0.3 is 5.32 Å². The maximum Gasteiger partial charge on any atom is 0.238 e. The molecule has 26 heavy (non-hydrogen) atoms. The average molecular weight is 355 g/mol. The van der Waals surface area contributed by atoms with Gasteiger partial charge in [0.25, 0.3) is 0 Å². The standard InChI is InChI=1S/C21H26FN3O/c1-24(15-17-5-3-2-4-6-17)20-11-13-25(14-12-20)16-21(26)23-19-9-7-18(22)8-10-19/h2-10,20H,11-16H2,1H3,(H,23,26). The van der Waals surface area contributed by atoms with Crippen LogP contribution in [0, 0.1) is 5.82 Å². The predicted octanol–water partition coefficient (Wildman–Crippen LogP) is 3.36. The van der Waals surface area contributed by atoms with Crippen molar-refractivity contribution in [1.82, 2.24) is 9.80 Å². The van der Waals surface area contributed by atoms with Crippen LogP contribution in [0.5, 0.6) is 0 Å². The SMILES string of the molecule is CN(Cc1ccccc1)C1CCN(CC(=O)Nc2ccc(F)cc2)CC1. The second-order valence-electron chi connectivity index (χ2n) is 6.96. The summed E-state index contributed by atoms with van der Waals surface area (Å²) in [6.45, 7) is 3.17. The van der Waals surface area contributed by atoms with E-state index in [4.69, 9.17) is 0 Å². The van der Waals surface area contributed by atoms with E-state index >= 15 is 0 Å². The van der Waals surface area contributed by atoms with Crippen LogP contribution in [0.3, 0.4) is 0 Å². The van der Waals surface area contributed by atoms with Gasteiger partial charge in [0, 0.05) is 31.4 Å². The summed E-state index contributed by atoms with van der Waals surface area (Å²) < 4.78 is 12.9. The first-order valence-corrected chi connectivity index (χ1v) is 9.12. The Balaban J connectivity index is 1.41. The molecule has 1 fully saturated rings. The lowest BCUT2D eigenvalue weighted by molar-refractivity contribution is -0.117. The van der Waals surface area contributed by atoms with Crippen molar-refractivity contribution < 1.29 is 9.18 Å². The zero-order chi connectivity index (χ0) is 18.4. The van der Waals surface area contributed by atoms with E-state index in [-0.39, 0.29) is 11.7 Å². The van der Waals surface area contributed by atoms with E-state index < -0.39 is 0 Å². The van der Waals surface area contributed by atoms with E-state index in [1.54, 1.807) is 12.1 Å². The fourth-order valence-corrected chi connectivity index (χ4v) is 3.46. The number of likely N-dealkylation sites (tertiary alicyclic amines) is 1. The maximum atomic E-state index is 12.9. The smallest absolute Gasteiger partial charge is 0.238 e. The van der Waals surface area contributed by atoms with Gasteiger partial charge in [0.15, 0.2) is 0 Å². The summed E-state index contributed by atoms with van der Waals surface area (Å²) in [5.41, 5.74) is 1.96. The van der Waals surface area contributed by atoms with Gasteiger partial charge in [-0.1, -0.05) is 30.3 Å². The monoisotopic (exact) mass is 355 g/mol. The van der Waals surface area contributed by atoms with Crippen molar-refractivity contribution in [3.63, 3.8) is 0 Å². The van der Waals surface area contributed by atoms with E-state index in [0.29, 0.717) is 18.3 Å². The number of halogens is 1. The third kappa shape index (κ3) is 5.38. The minimum absolute atomic E-state index is 0.0484. The minimum Gasteiger partial charge on any atom is -0.325 e. The summed E-state index contributed by atoms with van der Waals surface area (Å²) in [5.74, 6) is -0.350. The number of benzene rings is 2. The van der Waals surface area contributed by atoms with E-state index in [9.17, 15) is 9.18 Å². The minimum atomic E-state index is -0.301. The highest BCUT2D eigenvalue weighted by atomic mass is 19.1. The number of carbonyl (C=O) groups excluding carboxylic acids is 1. The lowest BCUT2D eigenvalue weighted by atomic mass is 10.0. The van der Waals surface area contributed by atoms with E-state index in [0.717, 1.165) is 32.5 Å². The van der Waals surface area contributed by atoms with Crippen LogP contribution in [0.1, 0.15) is 18.4 Å². The van der Waals surface area contributed by atoms with E-state index in [2.05, 4.69) is 46.4 Å². The van der Waals surface area contributed by atoms with Crippen LogP contribution < -0.4 is 5.32 Å². The van der Waals surface area contributed by atoms with Crippen molar-refractivity contribution in [2.45, 2.75) is 25.4 Å². The Bertz CT molecular complexity index is 697. The van der Waals surface area contributed by atoms with Gasteiger partial charge in [-0.2, -0.15) is 0 Å². The molecule has 0 radical (unpaired) electrons. The van der Waals surface area contributed by atoms with Gasteiger partial charge in [0.1, 0.15) is 5.82 Å². The second-order valence-corrected chi connectivity index (χ2v) is 6.96. The number of rotatable bonds is 6. The summed E-state index contributed by atoms with van der Waals surface area (Å²) in [4.78, 5) is 16.8. The first kappa shape index (κ1) is 18.5. The number of piperidine rings is 1. The molecule has 0 spiro atoms. The van der Waals surface area contributed by atoms with Crippen molar-refractivity contribution in [2.75, 3.05) is 32.0 Å². The molecular formula is C21H26FN3O. The number of hydrogen-bond donors (Lipinski definition) is 1. The van der Waals surface area contributed by atoms with Gasteiger partial charge in [-0.15, -0.1) is 0 Å². The predicted molar refractivity (Wildman–Crippen MR) is 102 cm³/mol. The van der Waals surface area contributed by atoms with Crippen LogP contribution in [-0.2, 0) is 11.3 Å². The number of hydrogen-bond acceptors (Lipinski definition) is 3. The molecule has 3 rings (SSSR count). The van der Waals surface area contributed by atoms with Crippen LogP contribution >= 0.6 is 0 Å². The lowest BCUT2D eigenvalue weighted by Crippen LogP contribution is -2.45. The van der Waals surface area contributed by atoms with Crippen LogP contribution in [0.15, 0.2) is 54.6 Å². The molecule has 1 aliphatic rings. The zero-order valence-corrected chi connectivity index (χ0v) is 15.2. The molecule has 1 aliphatic heterocycles. The van der Waals surface area contributed by atoms with Gasteiger partial charge in [0.05, 0.1) is 6.54 Å². The van der Waals surface area contributed by atoms with Gasteiger partial charge in [0.2, 0.25) is 5.91 Å².